The molecule has 2 aliphatic heterocycles. The zero-order valence-corrected chi connectivity index (χ0v) is 12.2. The van der Waals surface area contributed by atoms with Crippen molar-refractivity contribution in [2.24, 2.45) is 5.41 Å². The van der Waals surface area contributed by atoms with E-state index in [9.17, 15) is 14.9 Å². The van der Waals surface area contributed by atoms with Gasteiger partial charge in [-0.2, -0.15) is 0 Å². The number of rotatable bonds is 2. The molecule has 1 unspecified atom stereocenters. The average molecular weight is 310 g/mol. The molecule has 1 N–H and O–H groups in total. The minimum absolute atomic E-state index is 0.0792. The predicted octanol–water partition coefficient (Wildman–Crippen LogP) is 2.07. The van der Waals surface area contributed by atoms with E-state index in [2.05, 4.69) is 5.32 Å². The van der Waals surface area contributed by atoms with Gasteiger partial charge >= 0.3 is 0 Å². The van der Waals surface area contributed by atoms with Crippen LogP contribution in [0.3, 0.4) is 0 Å². The van der Waals surface area contributed by atoms with Crippen molar-refractivity contribution in [1.82, 2.24) is 10.2 Å². The van der Waals surface area contributed by atoms with Gasteiger partial charge < -0.3 is 10.2 Å². The number of nitro benzene ring substituents is 1. The first-order valence-electron chi connectivity index (χ1n) is 6.95. The molecule has 2 heterocycles. The third-order valence-electron chi connectivity index (χ3n) is 4.44. The molecule has 21 heavy (non-hydrogen) atoms. The molecular formula is C14H16ClN3O3. The van der Waals surface area contributed by atoms with Gasteiger partial charge in [0.15, 0.2) is 0 Å². The van der Waals surface area contributed by atoms with Crippen molar-refractivity contribution in [2.75, 3.05) is 26.2 Å². The Bertz CT molecular complexity index is 599. The molecule has 0 aliphatic carbocycles. The first-order chi connectivity index (χ1) is 10.0. The fourth-order valence-corrected chi connectivity index (χ4v) is 3.43. The van der Waals surface area contributed by atoms with Crippen molar-refractivity contribution in [3.8, 4) is 0 Å². The molecule has 0 radical (unpaired) electrons. The second kappa shape index (κ2) is 5.27. The van der Waals surface area contributed by atoms with Crippen LogP contribution in [0.25, 0.3) is 0 Å². The smallest absolute Gasteiger partial charge is 0.282 e. The first kappa shape index (κ1) is 14.3. The Morgan fingerprint density at radius 1 is 1.43 bits per heavy atom. The fraction of sp³-hybridized carbons (Fsp3) is 0.500. The van der Waals surface area contributed by atoms with Gasteiger partial charge in [-0.3, -0.25) is 14.9 Å². The van der Waals surface area contributed by atoms with E-state index in [4.69, 9.17) is 11.6 Å². The Kier molecular flexibility index (Phi) is 3.59. The molecule has 0 saturated carbocycles. The zero-order valence-electron chi connectivity index (χ0n) is 11.5. The lowest BCUT2D eigenvalue weighted by Gasteiger charge is -2.22. The van der Waals surface area contributed by atoms with Crippen LogP contribution in [0.2, 0.25) is 5.02 Å². The third-order valence-corrected chi connectivity index (χ3v) is 4.68. The highest BCUT2D eigenvalue weighted by Crippen LogP contribution is 2.37. The molecule has 1 atom stereocenters. The normalized spacial score (nSPS) is 24.7. The molecular weight excluding hydrogens is 294 g/mol. The standard InChI is InChI=1S/C14H16ClN3O3/c15-10-1-2-12(18(20)21)11(7-10)13(19)17-6-4-14(9-17)3-5-16-8-14/h1-2,7,16H,3-6,8-9H2. The molecule has 1 amide bonds. The van der Waals surface area contributed by atoms with Crippen molar-refractivity contribution in [1.29, 1.82) is 0 Å². The van der Waals surface area contributed by atoms with Gasteiger partial charge in [0.25, 0.3) is 11.6 Å². The second-order valence-electron chi connectivity index (χ2n) is 5.82. The quantitative estimate of drug-likeness (QED) is 0.670. The van der Waals surface area contributed by atoms with Crippen LogP contribution in [0.4, 0.5) is 5.69 Å². The molecule has 1 aromatic rings. The summed E-state index contributed by atoms with van der Waals surface area (Å²) in [6, 6.07) is 4.11. The number of likely N-dealkylation sites (tertiary alicyclic amines) is 1. The second-order valence-corrected chi connectivity index (χ2v) is 6.26. The van der Waals surface area contributed by atoms with Gasteiger partial charge in [0.05, 0.1) is 4.92 Å². The van der Waals surface area contributed by atoms with Crippen LogP contribution in [-0.4, -0.2) is 41.9 Å². The number of halogens is 1. The first-order valence-corrected chi connectivity index (χ1v) is 7.33. The summed E-state index contributed by atoms with van der Waals surface area (Å²) in [7, 11) is 0. The maximum Gasteiger partial charge on any atom is 0.282 e. The van der Waals surface area contributed by atoms with E-state index in [0.717, 1.165) is 25.9 Å². The van der Waals surface area contributed by atoms with Crippen LogP contribution in [0.1, 0.15) is 23.2 Å². The SMILES string of the molecule is O=C(c1cc(Cl)ccc1[N+](=O)[O-])N1CCC2(CCNC2)C1. The summed E-state index contributed by atoms with van der Waals surface area (Å²) in [6.45, 7) is 3.18. The molecule has 1 spiro atoms. The molecule has 112 valence electrons. The summed E-state index contributed by atoms with van der Waals surface area (Å²) in [5.74, 6) is -0.298. The molecule has 2 fully saturated rings. The van der Waals surface area contributed by atoms with E-state index in [1.54, 1.807) is 4.90 Å². The van der Waals surface area contributed by atoms with E-state index in [0.29, 0.717) is 18.1 Å². The van der Waals surface area contributed by atoms with Crippen LogP contribution in [0, 0.1) is 15.5 Å². The number of nitro groups is 1. The Hall–Kier alpha value is -1.66. The fourth-order valence-electron chi connectivity index (χ4n) is 3.26. The number of nitrogens with zero attached hydrogens (tertiary/aromatic N) is 2. The Labute approximate surface area is 127 Å². The van der Waals surface area contributed by atoms with Gasteiger partial charge in [-0.1, -0.05) is 11.6 Å². The highest BCUT2D eigenvalue weighted by Gasteiger charge is 2.42. The minimum Gasteiger partial charge on any atom is -0.338 e. The van der Waals surface area contributed by atoms with E-state index in [1.807, 2.05) is 0 Å². The molecule has 0 bridgehead atoms. The van der Waals surface area contributed by atoms with Crippen molar-refractivity contribution in [3.05, 3.63) is 38.9 Å². The molecule has 6 nitrogen and oxygen atoms in total. The highest BCUT2D eigenvalue weighted by molar-refractivity contribution is 6.31. The summed E-state index contributed by atoms with van der Waals surface area (Å²) in [4.78, 5) is 24.9. The molecule has 2 saturated heterocycles. The van der Waals surface area contributed by atoms with Crippen molar-refractivity contribution in [3.63, 3.8) is 0 Å². The van der Waals surface area contributed by atoms with Gasteiger partial charge in [-0.15, -0.1) is 0 Å². The molecule has 7 heteroatoms. The van der Waals surface area contributed by atoms with E-state index in [-0.39, 0.29) is 22.6 Å². The summed E-state index contributed by atoms with van der Waals surface area (Å²) >= 11 is 5.89. The van der Waals surface area contributed by atoms with Gasteiger partial charge in [-0.05, 0) is 31.5 Å². The van der Waals surface area contributed by atoms with Crippen LogP contribution in [0.15, 0.2) is 18.2 Å². The van der Waals surface area contributed by atoms with Crippen LogP contribution >= 0.6 is 11.6 Å². The van der Waals surface area contributed by atoms with Gasteiger partial charge in [0.2, 0.25) is 0 Å². The Morgan fingerprint density at radius 3 is 2.90 bits per heavy atom. The molecule has 0 aromatic heterocycles. The van der Waals surface area contributed by atoms with Crippen LogP contribution in [0.5, 0.6) is 0 Å². The van der Waals surface area contributed by atoms with Crippen molar-refractivity contribution < 1.29 is 9.72 Å². The maximum absolute atomic E-state index is 12.6. The van der Waals surface area contributed by atoms with Gasteiger partial charge in [0, 0.05) is 36.1 Å². The largest absolute Gasteiger partial charge is 0.338 e. The number of benzene rings is 1. The highest BCUT2D eigenvalue weighted by atomic mass is 35.5. The summed E-state index contributed by atoms with van der Waals surface area (Å²) < 4.78 is 0. The van der Waals surface area contributed by atoms with E-state index >= 15 is 0 Å². The van der Waals surface area contributed by atoms with Crippen molar-refractivity contribution >= 4 is 23.2 Å². The summed E-state index contributed by atoms with van der Waals surface area (Å²) in [6.07, 6.45) is 1.99. The minimum atomic E-state index is -0.535. The summed E-state index contributed by atoms with van der Waals surface area (Å²) in [5.41, 5.74) is 0.0358. The lowest BCUT2D eigenvalue weighted by Crippen LogP contribution is -2.33. The maximum atomic E-state index is 12.6. The number of carbonyl (C=O) groups excluding carboxylic acids is 1. The average Bonchev–Trinajstić information content (AvgIpc) is 3.08. The predicted molar refractivity (Wildman–Crippen MR) is 78.5 cm³/mol. The van der Waals surface area contributed by atoms with E-state index in [1.165, 1.54) is 18.2 Å². The van der Waals surface area contributed by atoms with Gasteiger partial charge in [0.1, 0.15) is 5.56 Å². The number of carbonyl (C=O) groups is 1. The Balaban J connectivity index is 1.86. The molecule has 1 aromatic carbocycles. The van der Waals surface area contributed by atoms with Gasteiger partial charge in [-0.25, -0.2) is 0 Å². The topological polar surface area (TPSA) is 75.5 Å². The summed E-state index contributed by atoms with van der Waals surface area (Å²) in [5, 5.41) is 14.7. The van der Waals surface area contributed by atoms with Crippen LogP contribution < -0.4 is 5.32 Å². The monoisotopic (exact) mass is 309 g/mol. The third kappa shape index (κ3) is 2.61. The van der Waals surface area contributed by atoms with Crippen molar-refractivity contribution in [2.45, 2.75) is 12.8 Å². The number of nitrogens with one attached hydrogen (secondary N) is 1. The number of hydrogen-bond acceptors (Lipinski definition) is 4. The Morgan fingerprint density at radius 2 is 2.24 bits per heavy atom. The zero-order chi connectivity index (χ0) is 15.0. The van der Waals surface area contributed by atoms with Crippen LogP contribution in [-0.2, 0) is 0 Å². The molecule has 2 aliphatic rings. The molecule has 3 rings (SSSR count). The number of hydrogen-bond donors (Lipinski definition) is 1. The van der Waals surface area contributed by atoms with E-state index < -0.39 is 4.92 Å². The lowest BCUT2D eigenvalue weighted by atomic mass is 9.86. The number of amides is 1. The lowest BCUT2D eigenvalue weighted by molar-refractivity contribution is -0.385.